The number of carbonyl (C=O) groups is 1. The van der Waals surface area contributed by atoms with Crippen LogP contribution in [0.3, 0.4) is 0 Å². The minimum absolute atomic E-state index is 0.0352. The summed E-state index contributed by atoms with van der Waals surface area (Å²) >= 11 is 0. The molecule has 1 aromatic rings. The molecule has 1 unspecified atom stereocenters. The molecule has 0 spiro atoms. The van der Waals surface area contributed by atoms with Crippen molar-refractivity contribution in [1.82, 2.24) is 9.62 Å². The summed E-state index contributed by atoms with van der Waals surface area (Å²) in [5.41, 5.74) is 0.887. The lowest BCUT2D eigenvalue weighted by Gasteiger charge is -2.13. The summed E-state index contributed by atoms with van der Waals surface area (Å²) in [7, 11) is -1.87. The molecule has 1 atom stereocenters. The van der Waals surface area contributed by atoms with Gasteiger partial charge in [0.05, 0.1) is 4.90 Å². The Balaban J connectivity index is 2.16. The molecule has 1 fully saturated rings. The molecule has 98 valence electrons. The van der Waals surface area contributed by atoms with Gasteiger partial charge in [-0.1, -0.05) is 12.1 Å². The number of sulfonamides is 1. The van der Waals surface area contributed by atoms with Crippen molar-refractivity contribution < 1.29 is 13.2 Å². The van der Waals surface area contributed by atoms with Crippen LogP contribution in [0.25, 0.3) is 0 Å². The Morgan fingerprint density at radius 2 is 2.11 bits per heavy atom. The highest BCUT2D eigenvalue weighted by molar-refractivity contribution is 7.89. The molecule has 0 radical (unpaired) electrons. The maximum atomic E-state index is 12.1. The first-order valence-corrected chi connectivity index (χ1v) is 7.20. The van der Waals surface area contributed by atoms with Gasteiger partial charge >= 0.3 is 0 Å². The van der Waals surface area contributed by atoms with Crippen molar-refractivity contribution in [3.05, 3.63) is 29.8 Å². The normalized spacial score (nSPS) is 20.4. The van der Waals surface area contributed by atoms with Crippen molar-refractivity contribution in [3.8, 4) is 0 Å². The molecule has 1 N–H and O–H groups in total. The zero-order valence-corrected chi connectivity index (χ0v) is 11.2. The van der Waals surface area contributed by atoms with Crippen LogP contribution < -0.4 is 4.72 Å². The Morgan fingerprint density at radius 3 is 2.67 bits per heavy atom. The molecule has 1 aliphatic heterocycles. The van der Waals surface area contributed by atoms with E-state index in [0.717, 1.165) is 5.56 Å². The molecule has 0 aromatic heterocycles. The van der Waals surface area contributed by atoms with Crippen LogP contribution in [0.2, 0.25) is 0 Å². The van der Waals surface area contributed by atoms with Crippen LogP contribution in [0.15, 0.2) is 29.2 Å². The summed E-state index contributed by atoms with van der Waals surface area (Å²) in [6.07, 6.45) is 0.224. The Labute approximate surface area is 107 Å². The quantitative estimate of drug-likeness (QED) is 0.868. The van der Waals surface area contributed by atoms with E-state index in [9.17, 15) is 13.2 Å². The smallest absolute Gasteiger partial charge is 0.240 e. The second-order valence-electron chi connectivity index (χ2n) is 4.61. The predicted molar refractivity (Wildman–Crippen MR) is 67.5 cm³/mol. The van der Waals surface area contributed by atoms with Gasteiger partial charge in [0.25, 0.3) is 0 Å². The molecule has 1 heterocycles. The average molecular weight is 268 g/mol. The third-order valence-corrected chi connectivity index (χ3v) is 4.48. The minimum atomic E-state index is -3.54. The van der Waals surface area contributed by atoms with E-state index < -0.39 is 10.0 Å². The van der Waals surface area contributed by atoms with Gasteiger partial charge in [-0.25, -0.2) is 13.1 Å². The number of nitrogens with one attached hydrogen (secondary N) is 1. The number of amides is 1. The van der Waals surface area contributed by atoms with Crippen LogP contribution in [-0.4, -0.2) is 38.9 Å². The van der Waals surface area contributed by atoms with Gasteiger partial charge in [0.1, 0.15) is 0 Å². The molecule has 0 bridgehead atoms. The number of likely N-dealkylation sites (N-methyl/N-ethyl adjacent to an activating group) is 1. The van der Waals surface area contributed by atoms with Crippen molar-refractivity contribution in [2.24, 2.45) is 0 Å². The molecule has 1 saturated heterocycles. The second-order valence-corrected chi connectivity index (χ2v) is 6.33. The molecular formula is C12H16N2O3S. The highest BCUT2D eigenvalue weighted by atomic mass is 32.2. The van der Waals surface area contributed by atoms with Crippen LogP contribution in [0.1, 0.15) is 12.0 Å². The van der Waals surface area contributed by atoms with Gasteiger partial charge in [0.15, 0.2) is 0 Å². The molecule has 6 heteroatoms. The second kappa shape index (κ2) is 4.70. The first-order valence-electron chi connectivity index (χ1n) is 5.71. The van der Waals surface area contributed by atoms with E-state index in [1.165, 1.54) is 4.90 Å². The first-order chi connectivity index (χ1) is 8.38. The van der Waals surface area contributed by atoms with E-state index in [0.29, 0.717) is 6.54 Å². The summed E-state index contributed by atoms with van der Waals surface area (Å²) in [4.78, 5) is 13.1. The molecule has 0 saturated carbocycles. The van der Waals surface area contributed by atoms with Gasteiger partial charge in [-0.05, 0) is 24.6 Å². The van der Waals surface area contributed by atoms with Crippen LogP contribution in [0, 0.1) is 6.92 Å². The third kappa shape index (κ3) is 2.70. The zero-order valence-electron chi connectivity index (χ0n) is 10.4. The highest BCUT2D eigenvalue weighted by Crippen LogP contribution is 2.15. The Bertz CT molecular complexity index is 568. The number of nitrogens with zero attached hydrogens (tertiary/aromatic N) is 1. The minimum Gasteiger partial charge on any atom is -0.344 e. The molecule has 5 nitrogen and oxygen atoms in total. The third-order valence-electron chi connectivity index (χ3n) is 2.96. The number of aryl methyl sites for hydroxylation is 1. The molecular weight excluding hydrogens is 252 g/mol. The lowest BCUT2D eigenvalue weighted by Crippen LogP contribution is -2.36. The van der Waals surface area contributed by atoms with E-state index in [-0.39, 0.29) is 23.3 Å². The average Bonchev–Trinajstić information content (AvgIpc) is 2.57. The molecule has 0 aliphatic carbocycles. The highest BCUT2D eigenvalue weighted by Gasteiger charge is 2.30. The molecule has 1 aromatic carbocycles. The SMILES string of the molecule is Cc1cccc(S(=O)(=O)NC2CC(=O)N(C)C2)c1. The number of likely N-dealkylation sites (tertiary alicyclic amines) is 1. The summed E-state index contributed by atoms with van der Waals surface area (Å²) in [5.74, 6) is -0.0352. The number of rotatable bonds is 3. The summed E-state index contributed by atoms with van der Waals surface area (Å²) in [5, 5.41) is 0. The fraction of sp³-hybridized carbons (Fsp3) is 0.417. The molecule has 2 rings (SSSR count). The van der Waals surface area contributed by atoms with Gasteiger partial charge in [0.2, 0.25) is 15.9 Å². The van der Waals surface area contributed by atoms with E-state index in [1.807, 2.05) is 13.0 Å². The largest absolute Gasteiger partial charge is 0.344 e. The summed E-state index contributed by atoms with van der Waals surface area (Å²) in [6, 6.07) is 6.37. The number of hydrogen-bond donors (Lipinski definition) is 1. The van der Waals surface area contributed by atoms with Gasteiger partial charge in [0, 0.05) is 26.1 Å². The zero-order chi connectivity index (χ0) is 13.3. The van der Waals surface area contributed by atoms with Gasteiger partial charge in [-0.3, -0.25) is 4.79 Å². The van der Waals surface area contributed by atoms with Crippen LogP contribution in [0.4, 0.5) is 0 Å². The Morgan fingerprint density at radius 1 is 1.39 bits per heavy atom. The van der Waals surface area contributed by atoms with E-state index in [4.69, 9.17) is 0 Å². The van der Waals surface area contributed by atoms with Crippen LogP contribution in [0.5, 0.6) is 0 Å². The first kappa shape index (κ1) is 13.0. The molecule has 1 aliphatic rings. The maximum Gasteiger partial charge on any atom is 0.240 e. The van der Waals surface area contributed by atoms with Crippen LogP contribution >= 0.6 is 0 Å². The van der Waals surface area contributed by atoms with E-state index in [2.05, 4.69) is 4.72 Å². The lowest BCUT2D eigenvalue weighted by molar-refractivity contribution is -0.126. The van der Waals surface area contributed by atoms with Crippen molar-refractivity contribution >= 4 is 15.9 Å². The molecule has 1 amide bonds. The van der Waals surface area contributed by atoms with Crippen molar-refractivity contribution in [2.45, 2.75) is 24.3 Å². The van der Waals surface area contributed by atoms with E-state index in [1.54, 1.807) is 25.2 Å². The number of benzene rings is 1. The Hall–Kier alpha value is -1.40. The number of hydrogen-bond acceptors (Lipinski definition) is 3. The van der Waals surface area contributed by atoms with Crippen molar-refractivity contribution in [2.75, 3.05) is 13.6 Å². The topological polar surface area (TPSA) is 66.5 Å². The summed E-state index contributed by atoms with van der Waals surface area (Å²) in [6.45, 7) is 2.26. The van der Waals surface area contributed by atoms with Crippen LogP contribution in [-0.2, 0) is 14.8 Å². The number of carbonyl (C=O) groups excluding carboxylic acids is 1. The fourth-order valence-corrected chi connectivity index (χ4v) is 3.34. The standard InChI is InChI=1S/C12H16N2O3S/c1-9-4-3-5-11(6-9)18(16,17)13-10-7-12(15)14(2)8-10/h3-6,10,13H,7-8H2,1-2H3. The lowest BCUT2D eigenvalue weighted by atomic mass is 10.2. The van der Waals surface area contributed by atoms with Crippen molar-refractivity contribution in [1.29, 1.82) is 0 Å². The summed E-state index contributed by atoms with van der Waals surface area (Å²) < 4.78 is 26.8. The van der Waals surface area contributed by atoms with Gasteiger partial charge in [-0.2, -0.15) is 0 Å². The predicted octanol–water partition coefficient (Wildman–Crippen LogP) is 0.504. The van der Waals surface area contributed by atoms with Gasteiger partial charge in [-0.15, -0.1) is 0 Å². The van der Waals surface area contributed by atoms with Crippen molar-refractivity contribution in [3.63, 3.8) is 0 Å². The molecule has 18 heavy (non-hydrogen) atoms. The fourth-order valence-electron chi connectivity index (χ4n) is 2.01. The maximum absolute atomic E-state index is 12.1. The Kier molecular flexibility index (Phi) is 3.41. The van der Waals surface area contributed by atoms with Gasteiger partial charge < -0.3 is 4.90 Å². The van der Waals surface area contributed by atoms with E-state index >= 15 is 0 Å². The monoisotopic (exact) mass is 268 g/mol.